The fraction of sp³-hybridized carbons (Fsp3) is 0. The second kappa shape index (κ2) is 13.5. The molecule has 57 heavy (non-hydrogen) atoms. The molecule has 0 spiro atoms. The van der Waals surface area contributed by atoms with Crippen molar-refractivity contribution in [2.24, 2.45) is 0 Å². The number of para-hydroxylation sites is 3. The van der Waals surface area contributed by atoms with Gasteiger partial charge in [-0.2, -0.15) is 0 Å². The van der Waals surface area contributed by atoms with Crippen LogP contribution in [0, 0.1) is 0 Å². The molecule has 0 aliphatic heterocycles. The molecule has 0 amide bonds. The molecular formula is C48H25B7N2. The molecule has 2 nitrogen and oxygen atoms in total. The van der Waals surface area contributed by atoms with E-state index in [4.69, 9.17) is 54.9 Å². The summed E-state index contributed by atoms with van der Waals surface area (Å²) in [6.07, 6.45) is 0. The first-order chi connectivity index (χ1) is 27.8. The molecule has 0 saturated heterocycles. The lowest BCUT2D eigenvalue weighted by molar-refractivity contribution is 1.18. The molecule has 8 aromatic carbocycles. The van der Waals surface area contributed by atoms with Crippen LogP contribution in [-0.4, -0.2) is 64.1 Å². The number of fused-ring (bicyclic) bond motifs is 6. The molecule has 0 unspecified atom stereocenters. The first-order valence-corrected chi connectivity index (χ1v) is 18.7. The van der Waals surface area contributed by atoms with E-state index in [1.54, 1.807) is 0 Å². The lowest BCUT2D eigenvalue weighted by atomic mass is 9.64. The predicted molar refractivity (Wildman–Crippen MR) is 249 cm³/mol. The van der Waals surface area contributed by atoms with Crippen LogP contribution in [0.2, 0.25) is 0 Å². The summed E-state index contributed by atoms with van der Waals surface area (Å²) in [6, 6.07) is 51.6. The summed E-state index contributed by atoms with van der Waals surface area (Å²) in [5.41, 5.74) is 12.5. The van der Waals surface area contributed by atoms with Crippen LogP contribution in [0.1, 0.15) is 0 Å². The topological polar surface area (TPSA) is 9.86 Å². The van der Waals surface area contributed by atoms with Crippen molar-refractivity contribution >= 4 is 137 Å². The Morgan fingerprint density at radius 1 is 0.333 bits per heavy atom. The van der Waals surface area contributed by atoms with Crippen molar-refractivity contribution in [2.45, 2.75) is 0 Å². The molecule has 2 aromatic heterocycles. The Kier molecular flexibility index (Phi) is 8.34. The molecule has 0 bridgehead atoms. The Hall–Kier alpha value is -6.19. The second-order valence-electron chi connectivity index (χ2n) is 14.4. The third-order valence-corrected chi connectivity index (χ3v) is 11.3. The Balaban J connectivity index is 1.31. The van der Waals surface area contributed by atoms with Crippen LogP contribution in [0.25, 0.3) is 88.4 Å². The van der Waals surface area contributed by atoms with Gasteiger partial charge in [0.05, 0.1) is 16.7 Å². The van der Waals surface area contributed by atoms with E-state index in [1.807, 2.05) is 65.2 Å². The molecule has 14 radical (unpaired) electrons. The highest BCUT2D eigenvalue weighted by atomic mass is 15.0. The Labute approximate surface area is 340 Å². The maximum absolute atomic E-state index is 7.37. The number of nitrogens with zero attached hydrogens (tertiary/aromatic N) is 2. The summed E-state index contributed by atoms with van der Waals surface area (Å²) in [6.45, 7) is 0. The first kappa shape index (κ1) is 35.2. The van der Waals surface area contributed by atoms with Gasteiger partial charge in [-0.05, 0) is 58.0 Å². The van der Waals surface area contributed by atoms with Crippen LogP contribution in [0.15, 0.2) is 152 Å². The minimum Gasteiger partial charge on any atom is -0.310 e. The zero-order valence-electron chi connectivity index (χ0n) is 30.9. The summed E-state index contributed by atoms with van der Waals surface area (Å²) < 4.78 is 4.29. The average molecular weight is 705 g/mol. The van der Waals surface area contributed by atoms with Crippen LogP contribution in [0.5, 0.6) is 0 Å². The van der Waals surface area contributed by atoms with Crippen molar-refractivity contribution in [2.75, 3.05) is 0 Å². The van der Waals surface area contributed by atoms with Crippen LogP contribution < -0.4 is 38.2 Å². The highest BCUT2D eigenvalue weighted by Gasteiger charge is 2.26. The molecule has 0 atom stereocenters. The van der Waals surface area contributed by atoms with E-state index in [2.05, 4.69) is 95.6 Å². The zero-order chi connectivity index (χ0) is 39.1. The minimum atomic E-state index is 0.177. The van der Waals surface area contributed by atoms with Gasteiger partial charge >= 0.3 is 0 Å². The number of hydrogen-bond acceptors (Lipinski definition) is 0. The summed E-state index contributed by atoms with van der Waals surface area (Å²) >= 11 is 0. The number of hydrogen-bond donors (Lipinski definition) is 0. The van der Waals surface area contributed by atoms with Crippen molar-refractivity contribution in [1.82, 2.24) is 9.13 Å². The maximum atomic E-state index is 7.37. The molecule has 0 fully saturated rings. The van der Waals surface area contributed by atoms with Gasteiger partial charge in [0.2, 0.25) is 0 Å². The molecule has 0 N–H and O–H groups in total. The van der Waals surface area contributed by atoms with Gasteiger partial charge in [-0.3, -0.25) is 0 Å². The van der Waals surface area contributed by atoms with Gasteiger partial charge < -0.3 is 9.13 Å². The van der Waals surface area contributed by atoms with Crippen LogP contribution in [0.3, 0.4) is 0 Å². The molecular weight excluding hydrogens is 680 g/mol. The van der Waals surface area contributed by atoms with Gasteiger partial charge in [-0.1, -0.05) is 149 Å². The van der Waals surface area contributed by atoms with Crippen molar-refractivity contribution in [1.29, 1.82) is 0 Å². The van der Waals surface area contributed by atoms with Gasteiger partial charge in [0.1, 0.15) is 54.9 Å². The maximum Gasteiger partial charge on any atom is 0.115 e. The molecule has 0 aliphatic carbocycles. The van der Waals surface area contributed by atoms with E-state index in [0.29, 0.717) is 43.8 Å². The van der Waals surface area contributed by atoms with Crippen molar-refractivity contribution in [3.05, 3.63) is 152 Å². The predicted octanol–water partition coefficient (Wildman–Crippen LogP) is 4.44. The van der Waals surface area contributed by atoms with Crippen LogP contribution in [-0.2, 0) is 0 Å². The highest BCUT2D eigenvalue weighted by Crippen LogP contribution is 2.40. The summed E-state index contributed by atoms with van der Waals surface area (Å²) in [7, 11) is 48.6. The summed E-state index contributed by atoms with van der Waals surface area (Å²) in [5.74, 6) is 0. The van der Waals surface area contributed by atoms with Crippen LogP contribution >= 0.6 is 0 Å². The smallest absolute Gasteiger partial charge is 0.115 e. The lowest BCUT2D eigenvalue weighted by Crippen LogP contribution is -2.48. The van der Waals surface area contributed by atoms with E-state index in [9.17, 15) is 0 Å². The Morgan fingerprint density at radius 2 is 0.877 bits per heavy atom. The minimum absolute atomic E-state index is 0.177. The van der Waals surface area contributed by atoms with Crippen LogP contribution in [0.4, 0.5) is 0 Å². The molecule has 10 rings (SSSR count). The highest BCUT2D eigenvalue weighted by molar-refractivity contribution is 6.69. The van der Waals surface area contributed by atoms with Crippen molar-refractivity contribution < 1.29 is 0 Å². The quantitative estimate of drug-likeness (QED) is 0.235. The lowest BCUT2D eigenvalue weighted by Gasteiger charge is -2.20. The van der Waals surface area contributed by atoms with Gasteiger partial charge in [-0.15, -0.1) is 10.9 Å². The normalized spacial score (nSPS) is 11.6. The molecule has 248 valence electrons. The third-order valence-electron chi connectivity index (χ3n) is 11.3. The number of aromatic nitrogens is 2. The fourth-order valence-corrected chi connectivity index (χ4v) is 8.69. The number of benzene rings is 8. The van der Waals surface area contributed by atoms with E-state index >= 15 is 0 Å². The van der Waals surface area contributed by atoms with E-state index in [1.165, 1.54) is 0 Å². The van der Waals surface area contributed by atoms with Gasteiger partial charge in [0, 0.05) is 44.0 Å². The molecule has 0 aliphatic rings. The Morgan fingerprint density at radius 3 is 1.56 bits per heavy atom. The monoisotopic (exact) mass is 706 g/mol. The largest absolute Gasteiger partial charge is 0.310 e. The van der Waals surface area contributed by atoms with Gasteiger partial charge in [0.15, 0.2) is 0 Å². The Bertz CT molecular complexity index is 3240. The average Bonchev–Trinajstić information content (AvgIpc) is 3.79. The molecule has 10 aromatic rings. The van der Waals surface area contributed by atoms with Gasteiger partial charge in [-0.25, -0.2) is 0 Å². The van der Waals surface area contributed by atoms with Crippen molar-refractivity contribution in [3.63, 3.8) is 0 Å². The zero-order valence-corrected chi connectivity index (χ0v) is 30.9. The standard InChI is InChI=1S/C48H25B7N2/c49-39-36(28-23-24-35-33(25-28)32-21-12-20-31(27-15-6-2-7-16-27)46(32)56(35)29-17-8-3-9-18-29)40(50)44(54)47-37(39)38-41(51)42(52)43(53)45(55)48(38)57(47)34-22-11-10-19-30(34)26-13-4-1-5-14-26/h1-25H. The van der Waals surface area contributed by atoms with E-state index in [0.717, 1.165) is 61.0 Å². The van der Waals surface area contributed by atoms with Gasteiger partial charge in [0.25, 0.3) is 0 Å². The second-order valence-corrected chi connectivity index (χ2v) is 14.4. The van der Waals surface area contributed by atoms with Crippen molar-refractivity contribution in [3.8, 4) is 44.8 Å². The SMILES string of the molecule is [B]c1c([B])c([B])c2c(c1[B])c1c([B])c(-c3ccc4c(c3)c3cccc(-c5ccccc5)c3n4-c3ccccc3)c([B])c([B])c1n2-c1ccccc1-c1ccccc1. The molecule has 2 heterocycles. The molecule has 0 saturated carbocycles. The molecule has 9 heteroatoms. The van der Waals surface area contributed by atoms with E-state index in [-0.39, 0.29) is 21.9 Å². The first-order valence-electron chi connectivity index (χ1n) is 18.7. The number of rotatable bonds is 5. The fourth-order valence-electron chi connectivity index (χ4n) is 8.69. The summed E-state index contributed by atoms with van der Waals surface area (Å²) in [5, 5.41) is 3.25. The third kappa shape index (κ3) is 5.21. The summed E-state index contributed by atoms with van der Waals surface area (Å²) in [4.78, 5) is 0. The van der Waals surface area contributed by atoms with E-state index < -0.39 is 0 Å².